The predicted octanol–water partition coefficient (Wildman–Crippen LogP) is 2.77. The lowest BCUT2D eigenvalue weighted by molar-refractivity contribution is 0.387. The normalized spacial score (nSPS) is 19.1. The highest BCUT2D eigenvalue weighted by molar-refractivity contribution is 5.32. The minimum atomic E-state index is 0.467. The Bertz CT molecular complexity index is 464. The number of hydrogen-bond donors (Lipinski definition) is 2. The highest BCUT2D eigenvalue weighted by Crippen LogP contribution is 2.29. The molecule has 1 fully saturated rings. The summed E-state index contributed by atoms with van der Waals surface area (Å²) < 4.78 is 0. The third-order valence-electron chi connectivity index (χ3n) is 4.05. The third kappa shape index (κ3) is 3.27. The topological polar surface area (TPSA) is 24.1 Å². The second-order valence-electron chi connectivity index (χ2n) is 5.46. The van der Waals surface area contributed by atoms with Crippen LogP contribution in [0.1, 0.15) is 23.5 Å². The van der Waals surface area contributed by atoms with Gasteiger partial charge in [0, 0.05) is 31.6 Å². The molecule has 1 aliphatic rings. The molecule has 0 radical (unpaired) electrons. The molecule has 1 saturated heterocycles. The Morgan fingerprint density at radius 2 is 1.45 bits per heavy atom. The highest BCUT2D eigenvalue weighted by atomic mass is 15.0. The molecule has 1 unspecified atom stereocenters. The molecule has 3 rings (SSSR count). The van der Waals surface area contributed by atoms with Crippen LogP contribution in [0.25, 0.3) is 0 Å². The van der Waals surface area contributed by atoms with Crippen LogP contribution in [-0.2, 0) is 0 Å². The summed E-state index contributed by atoms with van der Waals surface area (Å²) in [5.74, 6) is 0.467. The van der Waals surface area contributed by atoms with Crippen molar-refractivity contribution in [1.82, 2.24) is 10.6 Å². The fraction of sp³-hybridized carbons (Fsp3) is 0.333. The second-order valence-corrected chi connectivity index (χ2v) is 5.46. The Morgan fingerprint density at radius 1 is 0.850 bits per heavy atom. The minimum absolute atomic E-state index is 0.467. The molecule has 20 heavy (non-hydrogen) atoms. The van der Waals surface area contributed by atoms with Gasteiger partial charge in [0.25, 0.3) is 0 Å². The molecule has 1 heterocycles. The van der Waals surface area contributed by atoms with E-state index in [4.69, 9.17) is 0 Å². The summed E-state index contributed by atoms with van der Waals surface area (Å²) in [4.78, 5) is 0. The Balaban J connectivity index is 1.83. The van der Waals surface area contributed by atoms with Gasteiger partial charge in [-0.3, -0.25) is 0 Å². The van der Waals surface area contributed by atoms with Gasteiger partial charge in [0.15, 0.2) is 0 Å². The molecule has 1 atom stereocenters. The van der Waals surface area contributed by atoms with Gasteiger partial charge < -0.3 is 10.6 Å². The van der Waals surface area contributed by atoms with Crippen molar-refractivity contribution in [3.8, 4) is 0 Å². The van der Waals surface area contributed by atoms with E-state index in [0.29, 0.717) is 12.0 Å². The Morgan fingerprint density at radius 3 is 1.95 bits per heavy atom. The maximum absolute atomic E-state index is 3.63. The lowest BCUT2D eigenvalue weighted by Crippen LogP contribution is -2.48. The number of rotatable bonds is 4. The fourth-order valence-electron chi connectivity index (χ4n) is 3.00. The van der Waals surface area contributed by atoms with Gasteiger partial charge in [0.05, 0.1) is 0 Å². The van der Waals surface area contributed by atoms with Crippen LogP contribution < -0.4 is 10.6 Å². The molecular formula is C18H22N2. The number of hydrogen-bond acceptors (Lipinski definition) is 2. The van der Waals surface area contributed by atoms with Crippen LogP contribution in [-0.4, -0.2) is 25.7 Å². The van der Waals surface area contributed by atoms with E-state index in [0.717, 1.165) is 26.1 Å². The zero-order chi connectivity index (χ0) is 13.6. The van der Waals surface area contributed by atoms with Crippen molar-refractivity contribution < 1.29 is 0 Å². The maximum Gasteiger partial charge on any atom is 0.0202 e. The summed E-state index contributed by atoms with van der Waals surface area (Å²) in [6.45, 7) is 3.22. The third-order valence-corrected chi connectivity index (χ3v) is 4.05. The number of piperazine rings is 1. The molecule has 104 valence electrons. The van der Waals surface area contributed by atoms with Gasteiger partial charge in [-0.1, -0.05) is 60.7 Å². The molecule has 2 N–H and O–H groups in total. The van der Waals surface area contributed by atoms with Crippen LogP contribution in [0.4, 0.5) is 0 Å². The van der Waals surface area contributed by atoms with Crippen molar-refractivity contribution in [3.63, 3.8) is 0 Å². The van der Waals surface area contributed by atoms with E-state index in [1.807, 2.05) is 0 Å². The molecule has 2 heteroatoms. The highest BCUT2D eigenvalue weighted by Gasteiger charge is 2.20. The summed E-state index contributed by atoms with van der Waals surface area (Å²) in [5, 5.41) is 7.11. The van der Waals surface area contributed by atoms with E-state index in [1.54, 1.807) is 0 Å². The second kappa shape index (κ2) is 6.69. The first-order valence-corrected chi connectivity index (χ1v) is 7.47. The van der Waals surface area contributed by atoms with Crippen molar-refractivity contribution in [2.24, 2.45) is 0 Å². The first-order chi connectivity index (χ1) is 9.93. The van der Waals surface area contributed by atoms with E-state index in [9.17, 15) is 0 Å². The molecule has 2 aromatic carbocycles. The molecule has 0 spiro atoms. The predicted molar refractivity (Wildman–Crippen MR) is 84.0 cm³/mol. The van der Waals surface area contributed by atoms with E-state index in [-0.39, 0.29) is 0 Å². The number of nitrogens with one attached hydrogen (secondary N) is 2. The largest absolute Gasteiger partial charge is 0.314 e. The van der Waals surface area contributed by atoms with Crippen molar-refractivity contribution in [1.29, 1.82) is 0 Å². The molecule has 2 nitrogen and oxygen atoms in total. The van der Waals surface area contributed by atoms with Crippen LogP contribution in [0.5, 0.6) is 0 Å². The lowest BCUT2D eigenvalue weighted by Gasteiger charge is -2.29. The van der Waals surface area contributed by atoms with Crippen LogP contribution in [0, 0.1) is 0 Å². The van der Waals surface area contributed by atoms with E-state index in [2.05, 4.69) is 71.3 Å². The maximum atomic E-state index is 3.63. The summed E-state index contributed by atoms with van der Waals surface area (Å²) in [6.07, 6.45) is 1.14. The average Bonchev–Trinajstić information content (AvgIpc) is 2.55. The first-order valence-electron chi connectivity index (χ1n) is 7.47. The van der Waals surface area contributed by atoms with E-state index in [1.165, 1.54) is 11.1 Å². The van der Waals surface area contributed by atoms with Crippen LogP contribution >= 0.6 is 0 Å². The lowest BCUT2D eigenvalue weighted by atomic mass is 9.85. The molecule has 0 saturated carbocycles. The van der Waals surface area contributed by atoms with Crippen LogP contribution in [0.15, 0.2) is 60.7 Å². The summed E-state index contributed by atoms with van der Waals surface area (Å²) in [5.41, 5.74) is 2.82. The molecule has 0 aromatic heterocycles. The summed E-state index contributed by atoms with van der Waals surface area (Å²) >= 11 is 0. The van der Waals surface area contributed by atoms with Crippen LogP contribution in [0.3, 0.4) is 0 Å². The standard InChI is InChI=1S/C18H22N2/c1-3-7-15(8-4-1)18(16-9-5-2-6-10-16)13-17-14-19-11-12-20-17/h1-10,17-20H,11-14H2. The SMILES string of the molecule is c1ccc(C(CC2CNCCN2)c2ccccc2)cc1. The van der Waals surface area contributed by atoms with Crippen LogP contribution in [0.2, 0.25) is 0 Å². The quantitative estimate of drug-likeness (QED) is 0.889. The summed E-state index contributed by atoms with van der Waals surface area (Å²) in [7, 11) is 0. The number of benzene rings is 2. The molecule has 0 amide bonds. The van der Waals surface area contributed by atoms with E-state index >= 15 is 0 Å². The Labute approximate surface area is 121 Å². The minimum Gasteiger partial charge on any atom is -0.314 e. The zero-order valence-electron chi connectivity index (χ0n) is 11.8. The van der Waals surface area contributed by atoms with Gasteiger partial charge in [0.2, 0.25) is 0 Å². The van der Waals surface area contributed by atoms with Gasteiger partial charge in [-0.05, 0) is 17.5 Å². The van der Waals surface area contributed by atoms with Gasteiger partial charge >= 0.3 is 0 Å². The average molecular weight is 266 g/mol. The monoisotopic (exact) mass is 266 g/mol. The molecule has 2 aromatic rings. The van der Waals surface area contributed by atoms with Crippen molar-refractivity contribution >= 4 is 0 Å². The smallest absolute Gasteiger partial charge is 0.0202 e. The molecule has 0 aliphatic carbocycles. The molecule has 0 bridgehead atoms. The fourth-order valence-corrected chi connectivity index (χ4v) is 3.00. The summed E-state index contributed by atoms with van der Waals surface area (Å²) in [6, 6.07) is 22.3. The van der Waals surface area contributed by atoms with Gasteiger partial charge in [0.1, 0.15) is 0 Å². The molecule has 1 aliphatic heterocycles. The zero-order valence-corrected chi connectivity index (χ0v) is 11.8. The van der Waals surface area contributed by atoms with Crippen molar-refractivity contribution in [2.45, 2.75) is 18.4 Å². The first kappa shape index (κ1) is 13.3. The molecular weight excluding hydrogens is 244 g/mol. The van der Waals surface area contributed by atoms with Gasteiger partial charge in [-0.15, -0.1) is 0 Å². The van der Waals surface area contributed by atoms with Crippen molar-refractivity contribution in [3.05, 3.63) is 71.8 Å². The van der Waals surface area contributed by atoms with Crippen molar-refractivity contribution in [2.75, 3.05) is 19.6 Å². The van der Waals surface area contributed by atoms with E-state index < -0.39 is 0 Å². The van der Waals surface area contributed by atoms with Gasteiger partial charge in [-0.25, -0.2) is 0 Å². The Hall–Kier alpha value is -1.64. The Kier molecular flexibility index (Phi) is 4.46. The van der Waals surface area contributed by atoms with Gasteiger partial charge in [-0.2, -0.15) is 0 Å².